The topological polar surface area (TPSA) is 33.2 Å². The lowest BCUT2D eigenvalue weighted by molar-refractivity contribution is 0.112. The molecule has 1 fully saturated rings. The van der Waals surface area contributed by atoms with Gasteiger partial charge in [-0.05, 0) is 25.0 Å². The van der Waals surface area contributed by atoms with Crippen LogP contribution in [-0.4, -0.2) is 30.5 Å². The Morgan fingerprint density at radius 2 is 2.13 bits per heavy atom. The van der Waals surface area contributed by atoms with Crippen LogP contribution in [0, 0.1) is 0 Å². The Kier molecular flexibility index (Phi) is 2.94. The zero-order valence-electron chi connectivity index (χ0n) is 8.40. The van der Waals surface area contributed by atoms with Crippen LogP contribution in [0.4, 0.5) is 10.2 Å². The third kappa shape index (κ3) is 2.32. The van der Waals surface area contributed by atoms with Crippen LogP contribution in [0.1, 0.15) is 23.2 Å². The number of anilines is 1. The molecule has 3 nitrogen and oxygen atoms in total. The summed E-state index contributed by atoms with van der Waals surface area (Å²) in [5.74, 6) is 0.826. The third-order valence-electron chi connectivity index (χ3n) is 2.66. The van der Waals surface area contributed by atoms with Crippen LogP contribution in [-0.2, 0) is 0 Å². The van der Waals surface area contributed by atoms with Crippen LogP contribution in [0.25, 0.3) is 0 Å². The van der Waals surface area contributed by atoms with E-state index in [1.165, 1.54) is 0 Å². The fourth-order valence-corrected chi connectivity index (χ4v) is 1.73. The van der Waals surface area contributed by atoms with E-state index in [4.69, 9.17) is 0 Å². The number of aromatic nitrogens is 1. The van der Waals surface area contributed by atoms with E-state index >= 15 is 0 Å². The highest BCUT2D eigenvalue weighted by Gasteiger charge is 2.18. The molecule has 1 saturated heterocycles. The van der Waals surface area contributed by atoms with Crippen molar-refractivity contribution in [1.29, 1.82) is 0 Å². The molecule has 0 atom stereocenters. The number of halogens is 1. The zero-order valence-corrected chi connectivity index (χ0v) is 8.40. The summed E-state index contributed by atoms with van der Waals surface area (Å²) in [5.41, 5.74) is 0.569. The van der Waals surface area contributed by atoms with E-state index in [0.717, 1.165) is 12.1 Å². The molecule has 0 aliphatic carbocycles. The fourth-order valence-electron chi connectivity index (χ4n) is 1.73. The maximum absolute atomic E-state index is 12.9. The van der Waals surface area contributed by atoms with Gasteiger partial charge in [0.1, 0.15) is 12.0 Å². The first-order valence-corrected chi connectivity index (χ1v) is 5.10. The second kappa shape index (κ2) is 4.38. The number of hydrogen-bond acceptors (Lipinski definition) is 3. The molecule has 2 heterocycles. The van der Waals surface area contributed by atoms with Gasteiger partial charge < -0.3 is 4.90 Å². The monoisotopic (exact) mass is 208 g/mol. The molecule has 1 aliphatic heterocycles. The second-order valence-corrected chi connectivity index (χ2v) is 3.73. The van der Waals surface area contributed by atoms with E-state index < -0.39 is 6.17 Å². The molecule has 4 heteroatoms. The highest BCUT2D eigenvalue weighted by molar-refractivity contribution is 5.74. The molecule has 0 bridgehead atoms. The Balaban J connectivity index is 2.06. The highest BCUT2D eigenvalue weighted by Crippen LogP contribution is 2.19. The van der Waals surface area contributed by atoms with Crippen molar-refractivity contribution in [2.75, 3.05) is 18.0 Å². The van der Waals surface area contributed by atoms with Gasteiger partial charge >= 0.3 is 0 Å². The summed E-state index contributed by atoms with van der Waals surface area (Å²) in [7, 11) is 0. The van der Waals surface area contributed by atoms with Crippen LogP contribution in [0.3, 0.4) is 0 Å². The Hall–Kier alpha value is -1.45. The number of nitrogens with zero attached hydrogens (tertiary/aromatic N) is 2. The molecule has 2 rings (SSSR count). The average molecular weight is 208 g/mol. The summed E-state index contributed by atoms with van der Waals surface area (Å²) in [5, 5.41) is 0. The van der Waals surface area contributed by atoms with Crippen molar-refractivity contribution in [1.82, 2.24) is 4.98 Å². The summed E-state index contributed by atoms with van der Waals surface area (Å²) < 4.78 is 12.9. The minimum atomic E-state index is -0.671. The smallest absolute Gasteiger partial charge is 0.151 e. The van der Waals surface area contributed by atoms with E-state index in [0.29, 0.717) is 31.5 Å². The minimum Gasteiger partial charge on any atom is -0.356 e. The zero-order chi connectivity index (χ0) is 10.7. The summed E-state index contributed by atoms with van der Waals surface area (Å²) >= 11 is 0. The molecule has 80 valence electrons. The largest absolute Gasteiger partial charge is 0.356 e. The standard InChI is InChI=1S/C11H13FN2O/c12-10-3-5-14(6-4-10)11-2-1-9(8-15)7-13-11/h1-2,7-8,10H,3-6H2. The molecule has 1 aliphatic rings. The molecule has 0 aromatic carbocycles. The SMILES string of the molecule is O=Cc1ccc(N2CCC(F)CC2)nc1. The summed E-state index contributed by atoms with van der Waals surface area (Å²) in [4.78, 5) is 16.7. The molecule has 0 unspecified atom stereocenters. The first kappa shape index (κ1) is 10.1. The van der Waals surface area contributed by atoms with Crippen LogP contribution >= 0.6 is 0 Å². The predicted molar refractivity (Wildman–Crippen MR) is 56.0 cm³/mol. The number of aldehydes is 1. The van der Waals surface area contributed by atoms with Crippen molar-refractivity contribution < 1.29 is 9.18 Å². The Morgan fingerprint density at radius 3 is 2.67 bits per heavy atom. The van der Waals surface area contributed by atoms with E-state index in [9.17, 15) is 9.18 Å². The maximum Gasteiger partial charge on any atom is 0.151 e. The minimum absolute atomic E-state index is 0.567. The molecule has 0 radical (unpaired) electrons. The van der Waals surface area contributed by atoms with Crippen LogP contribution in [0.15, 0.2) is 18.3 Å². The third-order valence-corrected chi connectivity index (χ3v) is 2.66. The number of rotatable bonds is 2. The molecular weight excluding hydrogens is 195 g/mol. The molecular formula is C11H13FN2O. The van der Waals surface area contributed by atoms with Gasteiger partial charge in [0.05, 0.1) is 0 Å². The average Bonchev–Trinajstić information content (AvgIpc) is 2.30. The number of piperidine rings is 1. The summed E-state index contributed by atoms with van der Waals surface area (Å²) in [6, 6.07) is 3.54. The van der Waals surface area contributed by atoms with E-state index in [1.807, 2.05) is 11.0 Å². The number of pyridine rings is 1. The van der Waals surface area contributed by atoms with E-state index in [1.54, 1.807) is 12.3 Å². The molecule has 0 amide bonds. The van der Waals surface area contributed by atoms with Crippen molar-refractivity contribution >= 4 is 12.1 Å². The highest BCUT2D eigenvalue weighted by atomic mass is 19.1. The van der Waals surface area contributed by atoms with Crippen LogP contribution < -0.4 is 4.90 Å². The van der Waals surface area contributed by atoms with Gasteiger partial charge in [-0.1, -0.05) is 0 Å². The van der Waals surface area contributed by atoms with Crippen molar-refractivity contribution in [3.05, 3.63) is 23.9 Å². The summed E-state index contributed by atoms with van der Waals surface area (Å²) in [6.45, 7) is 1.41. The lowest BCUT2D eigenvalue weighted by Gasteiger charge is -2.29. The molecule has 0 spiro atoms. The van der Waals surface area contributed by atoms with Gasteiger partial charge in [0.25, 0.3) is 0 Å². The van der Waals surface area contributed by atoms with Crippen LogP contribution in [0.2, 0.25) is 0 Å². The van der Waals surface area contributed by atoms with Crippen molar-refractivity contribution in [3.63, 3.8) is 0 Å². The van der Waals surface area contributed by atoms with E-state index in [-0.39, 0.29) is 0 Å². The fraction of sp³-hybridized carbons (Fsp3) is 0.455. The van der Waals surface area contributed by atoms with Gasteiger partial charge in [-0.2, -0.15) is 0 Å². The molecule has 0 saturated carbocycles. The lowest BCUT2D eigenvalue weighted by Crippen LogP contribution is -2.34. The van der Waals surface area contributed by atoms with Gasteiger partial charge in [-0.3, -0.25) is 4.79 Å². The van der Waals surface area contributed by atoms with Crippen molar-refractivity contribution in [3.8, 4) is 0 Å². The Morgan fingerprint density at radius 1 is 1.40 bits per heavy atom. The van der Waals surface area contributed by atoms with Gasteiger partial charge in [-0.25, -0.2) is 9.37 Å². The van der Waals surface area contributed by atoms with Crippen LogP contribution in [0.5, 0.6) is 0 Å². The molecule has 15 heavy (non-hydrogen) atoms. The van der Waals surface area contributed by atoms with Gasteiger partial charge in [0.15, 0.2) is 6.29 Å². The number of carbonyl (C=O) groups is 1. The number of alkyl halides is 1. The van der Waals surface area contributed by atoms with Gasteiger partial charge in [0.2, 0.25) is 0 Å². The Labute approximate surface area is 87.9 Å². The lowest BCUT2D eigenvalue weighted by atomic mass is 10.1. The predicted octanol–water partition coefficient (Wildman–Crippen LogP) is 1.83. The van der Waals surface area contributed by atoms with Gasteiger partial charge in [0, 0.05) is 24.8 Å². The maximum atomic E-state index is 12.9. The number of carbonyl (C=O) groups excluding carboxylic acids is 1. The first-order chi connectivity index (χ1) is 7.29. The first-order valence-electron chi connectivity index (χ1n) is 5.10. The van der Waals surface area contributed by atoms with Crippen molar-refractivity contribution in [2.45, 2.75) is 19.0 Å². The van der Waals surface area contributed by atoms with Gasteiger partial charge in [-0.15, -0.1) is 0 Å². The molecule has 0 N–H and O–H groups in total. The quantitative estimate of drug-likeness (QED) is 0.695. The summed E-state index contributed by atoms with van der Waals surface area (Å²) in [6.07, 6.45) is 2.78. The van der Waals surface area contributed by atoms with Crippen molar-refractivity contribution in [2.24, 2.45) is 0 Å². The normalized spacial score (nSPS) is 17.8. The second-order valence-electron chi connectivity index (χ2n) is 3.73. The van der Waals surface area contributed by atoms with E-state index in [2.05, 4.69) is 4.98 Å². The Bertz CT molecular complexity index is 331. The molecule has 1 aromatic rings. The number of hydrogen-bond donors (Lipinski definition) is 0. The molecule has 1 aromatic heterocycles.